The zero-order valence-corrected chi connectivity index (χ0v) is 14.5. The second-order valence-corrected chi connectivity index (χ2v) is 8.89. The molecule has 0 radical (unpaired) electrons. The minimum Gasteiger partial charge on any atom is -0.439 e. The van der Waals surface area contributed by atoms with Gasteiger partial charge >= 0.3 is 0 Å². The minimum atomic E-state index is -3.43. The lowest BCUT2D eigenvalue weighted by molar-refractivity contribution is 0.492. The van der Waals surface area contributed by atoms with Crippen LogP contribution in [-0.4, -0.2) is 13.4 Å². The van der Waals surface area contributed by atoms with Crippen LogP contribution in [0.15, 0.2) is 58.5 Å². The molecule has 2 heterocycles. The van der Waals surface area contributed by atoms with Gasteiger partial charge < -0.3 is 4.42 Å². The van der Waals surface area contributed by atoms with Crippen LogP contribution < -0.4 is 0 Å². The fraction of sp³-hybridized carbons (Fsp3) is 0.235. The molecule has 2 atom stereocenters. The van der Waals surface area contributed by atoms with E-state index in [0.29, 0.717) is 5.76 Å². The molecule has 0 saturated heterocycles. The molecular formula is C17H17NO3S2. The van der Waals surface area contributed by atoms with E-state index >= 15 is 0 Å². The Bertz CT molecular complexity index is 868. The van der Waals surface area contributed by atoms with Gasteiger partial charge in [0.15, 0.2) is 15.6 Å². The van der Waals surface area contributed by atoms with Gasteiger partial charge in [-0.25, -0.2) is 13.4 Å². The molecule has 1 aromatic carbocycles. The molecule has 4 nitrogen and oxygen atoms in total. The summed E-state index contributed by atoms with van der Waals surface area (Å²) in [6.07, 6.45) is 1.58. The first-order valence-corrected chi connectivity index (χ1v) is 9.76. The number of hydrogen-bond acceptors (Lipinski definition) is 5. The third-order valence-electron chi connectivity index (χ3n) is 3.86. The number of aromatic nitrogens is 1. The molecule has 0 fully saturated rings. The van der Waals surface area contributed by atoms with Crippen LogP contribution in [0.1, 0.15) is 35.1 Å². The number of hydrogen-bond donors (Lipinski definition) is 0. The fourth-order valence-corrected chi connectivity index (χ4v) is 4.98. The van der Waals surface area contributed by atoms with Crippen LogP contribution in [0.3, 0.4) is 0 Å². The maximum atomic E-state index is 12.8. The van der Waals surface area contributed by atoms with Gasteiger partial charge in [0.05, 0.1) is 11.4 Å². The van der Waals surface area contributed by atoms with Crippen LogP contribution in [0.4, 0.5) is 0 Å². The van der Waals surface area contributed by atoms with Crippen LogP contribution in [-0.2, 0) is 9.84 Å². The van der Waals surface area contributed by atoms with E-state index < -0.39 is 20.3 Å². The standard InChI is InChI=1S/C17H17NO3S2/c1-12(16-9-6-10-22-16)23(19,20)13(2)17-18-11-15(21-17)14-7-4-3-5-8-14/h3-13H,1-2H3. The van der Waals surface area contributed by atoms with Crippen molar-refractivity contribution in [2.75, 3.05) is 0 Å². The van der Waals surface area contributed by atoms with Crippen molar-refractivity contribution < 1.29 is 12.8 Å². The Kier molecular flexibility index (Phi) is 4.37. The molecule has 0 N–H and O–H groups in total. The topological polar surface area (TPSA) is 60.2 Å². The fourth-order valence-electron chi connectivity index (χ4n) is 2.34. The van der Waals surface area contributed by atoms with Gasteiger partial charge in [-0.2, -0.15) is 0 Å². The first kappa shape index (κ1) is 16.0. The van der Waals surface area contributed by atoms with Crippen LogP contribution in [0.5, 0.6) is 0 Å². The molecule has 2 unspecified atom stereocenters. The summed E-state index contributed by atoms with van der Waals surface area (Å²) in [5.74, 6) is 0.804. The molecule has 0 saturated carbocycles. The van der Waals surface area contributed by atoms with Crippen LogP contribution in [0, 0.1) is 0 Å². The number of benzene rings is 1. The summed E-state index contributed by atoms with van der Waals surface area (Å²) in [6, 6.07) is 13.2. The molecule has 0 aliphatic carbocycles. The highest BCUT2D eigenvalue weighted by Gasteiger charge is 2.33. The molecule has 0 aliphatic rings. The van der Waals surface area contributed by atoms with E-state index in [4.69, 9.17) is 4.42 Å². The summed E-state index contributed by atoms with van der Waals surface area (Å²) in [5.41, 5.74) is 0.877. The molecular weight excluding hydrogens is 330 g/mol. The lowest BCUT2D eigenvalue weighted by Gasteiger charge is -2.15. The van der Waals surface area contributed by atoms with Gasteiger partial charge in [-0.05, 0) is 25.3 Å². The van der Waals surface area contributed by atoms with Crippen molar-refractivity contribution >= 4 is 21.2 Å². The molecule has 3 rings (SSSR count). The quantitative estimate of drug-likeness (QED) is 0.674. The molecule has 2 aromatic heterocycles. The van der Waals surface area contributed by atoms with Gasteiger partial charge in [0, 0.05) is 10.4 Å². The normalized spacial score (nSPS) is 14.5. The average molecular weight is 347 g/mol. The van der Waals surface area contributed by atoms with E-state index in [1.54, 1.807) is 20.0 Å². The van der Waals surface area contributed by atoms with Crippen molar-refractivity contribution in [2.45, 2.75) is 24.3 Å². The van der Waals surface area contributed by atoms with E-state index in [9.17, 15) is 8.42 Å². The van der Waals surface area contributed by atoms with Gasteiger partial charge in [-0.15, -0.1) is 11.3 Å². The average Bonchev–Trinajstić information content (AvgIpc) is 3.25. The maximum absolute atomic E-state index is 12.8. The molecule has 0 bridgehead atoms. The predicted molar refractivity (Wildman–Crippen MR) is 92.0 cm³/mol. The van der Waals surface area contributed by atoms with Gasteiger partial charge in [-0.1, -0.05) is 36.4 Å². The molecule has 0 amide bonds. The smallest absolute Gasteiger partial charge is 0.212 e. The number of thiophene rings is 1. The van der Waals surface area contributed by atoms with E-state index in [1.165, 1.54) is 11.3 Å². The van der Waals surface area contributed by atoms with Crippen molar-refractivity contribution in [3.8, 4) is 11.3 Å². The lowest BCUT2D eigenvalue weighted by Crippen LogP contribution is -2.16. The maximum Gasteiger partial charge on any atom is 0.212 e. The van der Waals surface area contributed by atoms with Crippen molar-refractivity contribution in [2.24, 2.45) is 0 Å². The van der Waals surface area contributed by atoms with Crippen molar-refractivity contribution in [3.05, 3.63) is 64.8 Å². The summed E-state index contributed by atoms with van der Waals surface area (Å²) in [7, 11) is -3.43. The van der Waals surface area contributed by atoms with Gasteiger partial charge in [-0.3, -0.25) is 0 Å². The molecule has 23 heavy (non-hydrogen) atoms. The second kappa shape index (κ2) is 6.29. The monoisotopic (exact) mass is 347 g/mol. The Labute approximate surface area is 139 Å². The highest BCUT2D eigenvalue weighted by Crippen LogP contribution is 2.36. The van der Waals surface area contributed by atoms with Crippen molar-refractivity contribution in [1.82, 2.24) is 4.98 Å². The van der Waals surface area contributed by atoms with Crippen LogP contribution in [0.25, 0.3) is 11.3 Å². The second-order valence-electron chi connectivity index (χ2n) is 5.32. The molecule has 6 heteroatoms. The molecule has 3 aromatic rings. The van der Waals surface area contributed by atoms with Gasteiger partial charge in [0.25, 0.3) is 0 Å². The van der Waals surface area contributed by atoms with Gasteiger partial charge in [0.2, 0.25) is 5.89 Å². The highest BCUT2D eigenvalue weighted by atomic mass is 32.2. The Balaban J connectivity index is 1.88. The van der Waals surface area contributed by atoms with Crippen LogP contribution >= 0.6 is 11.3 Å². The Morgan fingerprint density at radius 3 is 2.43 bits per heavy atom. The Morgan fingerprint density at radius 2 is 1.78 bits per heavy atom. The Hall–Kier alpha value is -1.92. The molecule has 0 aliphatic heterocycles. The number of rotatable bonds is 5. The molecule has 0 spiro atoms. The first-order chi connectivity index (χ1) is 11.0. The third kappa shape index (κ3) is 3.09. The summed E-state index contributed by atoms with van der Waals surface area (Å²) in [6.45, 7) is 3.33. The van der Waals surface area contributed by atoms with E-state index in [1.807, 2.05) is 47.8 Å². The summed E-state index contributed by atoms with van der Waals surface area (Å²) >= 11 is 1.44. The number of oxazole rings is 1. The van der Waals surface area contributed by atoms with Gasteiger partial charge in [0.1, 0.15) is 5.25 Å². The SMILES string of the molecule is CC(c1ncc(-c2ccccc2)o1)S(=O)(=O)C(C)c1cccs1. The minimum absolute atomic E-state index is 0.229. The summed E-state index contributed by atoms with van der Waals surface area (Å²) in [4.78, 5) is 5.01. The largest absolute Gasteiger partial charge is 0.439 e. The van der Waals surface area contributed by atoms with E-state index in [0.717, 1.165) is 10.4 Å². The number of nitrogens with zero attached hydrogens (tertiary/aromatic N) is 1. The summed E-state index contributed by atoms with van der Waals surface area (Å²) < 4.78 is 31.3. The first-order valence-electron chi connectivity index (χ1n) is 7.27. The lowest BCUT2D eigenvalue weighted by atomic mass is 10.2. The zero-order chi connectivity index (χ0) is 16.4. The van der Waals surface area contributed by atoms with Crippen molar-refractivity contribution in [3.63, 3.8) is 0 Å². The third-order valence-corrected chi connectivity index (χ3v) is 7.49. The van der Waals surface area contributed by atoms with Crippen molar-refractivity contribution in [1.29, 1.82) is 0 Å². The number of sulfone groups is 1. The molecule has 120 valence electrons. The predicted octanol–water partition coefficient (Wildman–Crippen LogP) is 4.64. The van der Waals surface area contributed by atoms with E-state index in [-0.39, 0.29) is 5.89 Å². The Morgan fingerprint density at radius 1 is 1.04 bits per heavy atom. The zero-order valence-electron chi connectivity index (χ0n) is 12.8. The van der Waals surface area contributed by atoms with Crippen LogP contribution in [0.2, 0.25) is 0 Å². The summed E-state index contributed by atoms with van der Waals surface area (Å²) in [5, 5.41) is 0.506. The van der Waals surface area contributed by atoms with E-state index in [2.05, 4.69) is 4.98 Å². The highest BCUT2D eigenvalue weighted by molar-refractivity contribution is 7.92.